The first-order chi connectivity index (χ1) is 14.7. The molecule has 156 valence electrons. The number of anilines is 1. The van der Waals surface area contributed by atoms with Gasteiger partial charge in [0.25, 0.3) is 5.91 Å². The maximum atomic E-state index is 13.7. The number of fused-ring (bicyclic) bond motifs is 1. The van der Waals surface area contributed by atoms with Gasteiger partial charge in [-0.3, -0.25) is 4.79 Å². The molecule has 1 atom stereocenters. The Morgan fingerprint density at radius 2 is 1.97 bits per heavy atom. The average molecular weight is 424 g/mol. The second kappa shape index (κ2) is 7.75. The van der Waals surface area contributed by atoms with Crippen molar-refractivity contribution < 1.29 is 9.53 Å². The van der Waals surface area contributed by atoms with Crippen molar-refractivity contribution in [2.24, 2.45) is 0 Å². The molecular weight excluding hydrogens is 398 g/mol. The van der Waals surface area contributed by atoms with Crippen LogP contribution in [0.3, 0.4) is 0 Å². The number of nitrogens with one attached hydrogen (secondary N) is 1. The topological polar surface area (TPSA) is 74.3 Å². The SMILES string of the molecule is COc1ccc(C2c3nc[nH]c3CCN2C(=O)c2sc(N3CCCC3)nc2C)cc1. The van der Waals surface area contributed by atoms with Crippen LogP contribution in [0, 0.1) is 6.92 Å². The molecule has 2 aliphatic heterocycles. The van der Waals surface area contributed by atoms with Gasteiger partial charge in [-0.2, -0.15) is 0 Å². The lowest BCUT2D eigenvalue weighted by molar-refractivity contribution is 0.0694. The second-order valence-corrected chi connectivity index (χ2v) is 8.77. The number of carbonyl (C=O) groups excluding carboxylic acids is 1. The summed E-state index contributed by atoms with van der Waals surface area (Å²) in [5.74, 6) is 0.827. The molecule has 0 radical (unpaired) electrons. The Kier molecular flexibility index (Phi) is 4.94. The zero-order chi connectivity index (χ0) is 20.7. The summed E-state index contributed by atoms with van der Waals surface area (Å²) in [4.78, 5) is 31.2. The van der Waals surface area contributed by atoms with Crippen molar-refractivity contribution in [1.29, 1.82) is 0 Å². The Hall–Kier alpha value is -2.87. The lowest BCUT2D eigenvalue weighted by Gasteiger charge is -2.35. The van der Waals surface area contributed by atoms with Gasteiger partial charge >= 0.3 is 0 Å². The van der Waals surface area contributed by atoms with E-state index in [0.29, 0.717) is 6.54 Å². The number of methoxy groups -OCH3 is 1. The van der Waals surface area contributed by atoms with E-state index in [1.54, 1.807) is 13.4 Å². The summed E-state index contributed by atoms with van der Waals surface area (Å²) in [7, 11) is 1.65. The third kappa shape index (κ3) is 3.25. The van der Waals surface area contributed by atoms with Crippen molar-refractivity contribution in [1.82, 2.24) is 19.9 Å². The largest absolute Gasteiger partial charge is 0.497 e. The maximum absolute atomic E-state index is 13.7. The van der Waals surface area contributed by atoms with Crippen LogP contribution in [-0.2, 0) is 6.42 Å². The third-order valence-electron chi connectivity index (χ3n) is 5.97. The summed E-state index contributed by atoms with van der Waals surface area (Å²) in [6.45, 7) is 4.63. The minimum Gasteiger partial charge on any atom is -0.497 e. The van der Waals surface area contributed by atoms with Crippen molar-refractivity contribution in [3.8, 4) is 5.75 Å². The van der Waals surface area contributed by atoms with Crippen LogP contribution in [0.5, 0.6) is 5.75 Å². The van der Waals surface area contributed by atoms with Gasteiger partial charge in [-0.05, 0) is 37.5 Å². The Labute approximate surface area is 179 Å². The predicted octanol–water partition coefficient (Wildman–Crippen LogP) is 3.57. The van der Waals surface area contributed by atoms with Crippen molar-refractivity contribution in [3.63, 3.8) is 0 Å². The molecule has 0 bridgehead atoms. The van der Waals surface area contributed by atoms with Gasteiger partial charge in [0.15, 0.2) is 5.13 Å². The minimum atomic E-state index is -0.227. The standard InChI is InChI=1S/C22H25N5O2S/c1-14-20(30-22(25-14)26-10-3-4-11-26)21(28)27-12-9-17-18(24-13-23-17)19(27)15-5-7-16(29-2)8-6-15/h5-8,13,19H,3-4,9-12H2,1-2H3,(H,23,24). The van der Waals surface area contributed by atoms with Gasteiger partial charge in [0.05, 0.1) is 24.8 Å². The summed E-state index contributed by atoms with van der Waals surface area (Å²) < 4.78 is 5.31. The summed E-state index contributed by atoms with van der Waals surface area (Å²) in [5, 5.41) is 0.965. The first-order valence-electron chi connectivity index (χ1n) is 10.3. The van der Waals surface area contributed by atoms with Crippen molar-refractivity contribution in [2.45, 2.75) is 32.2 Å². The van der Waals surface area contributed by atoms with Crippen molar-refractivity contribution in [2.75, 3.05) is 31.6 Å². The zero-order valence-electron chi connectivity index (χ0n) is 17.2. The first-order valence-corrected chi connectivity index (χ1v) is 11.2. The Morgan fingerprint density at radius 3 is 2.70 bits per heavy atom. The number of imidazole rings is 1. The number of hydrogen-bond donors (Lipinski definition) is 1. The second-order valence-electron chi connectivity index (χ2n) is 7.80. The molecule has 4 heterocycles. The maximum Gasteiger partial charge on any atom is 0.266 e. The number of rotatable bonds is 4. The van der Waals surface area contributed by atoms with E-state index in [9.17, 15) is 4.79 Å². The molecular formula is C22H25N5O2S. The fraction of sp³-hybridized carbons (Fsp3) is 0.409. The fourth-order valence-electron chi connectivity index (χ4n) is 4.37. The van der Waals surface area contributed by atoms with E-state index in [1.165, 1.54) is 24.2 Å². The Balaban J connectivity index is 1.51. The molecule has 1 saturated heterocycles. The van der Waals surface area contributed by atoms with Gasteiger partial charge in [-0.25, -0.2) is 9.97 Å². The smallest absolute Gasteiger partial charge is 0.266 e. The molecule has 7 nitrogen and oxygen atoms in total. The summed E-state index contributed by atoms with van der Waals surface area (Å²) in [6.07, 6.45) is 4.87. The molecule has 0 aliphatic carbocycles. The van der Waals surface area contributed by atoms with Crippen LogP contribution in [0.15, 0.2) is 30.6 Å². The lowest BCUT2D eigenvalue weighted by atomic mass is 9.95. The molecule has 2 aromatic heterocycles. The van der Waals surface area contributed by atoms with Crippen molar-refractivity contribution >= 4 is 22.4 Å². The van der Waals surface area contributed by atoms with Gasteiger partial charge in [-0.15, -0.1) is 0 Å². The number of ether oxygens (including phenoxy) is 1. The van der Waals surface area contributed by atoms with Gasteiger partial charge < -0.3 is 19.5 Å². The predicted molar refractivity (Wildman–Crippen MR) is 116 cm³/mol. The summed E-state index contributed by atoms with van der Waals surface area (Å²) in [5.41, 5.74) is 3.85. The third-order valence-corrected chi connectivity index (χ3v) is 7.18. The molecule has 3 aromatic rings. The van der Waals surface area contributed by atoms with E-state index in [-0.39, 0.29) is 11.9 Å². The molecule has 2 aliphatic rings. The Bertz CT molecular complexity index is 1050. The molecule has 0 saturated carbocycles. The normalized spacial score (nSPS) is 18.5. The van der Waals surface area contributed by atoms with Crippen LogP contribution in [0.1, 0.15) is 51.2 Å². The number of thiazole rings is 1. The quantitative estimate of drug-likeness (QED) is 0.694. The van der Waals surface area contributed by atoms with Gasteiger partial charge in [0.1, 0.15) is 16.7 Å². The monoisotopic (exact) mass is 423 g/mol. The number of aromatic nitrogens is 3. The van der Waals surface area contributed by atoms with Gasteiger partial charge in [0, 0.05) is 31.7 Å². The highest BCUT2D eigenvalue weighted by atomic mass is 32.1. The van der Waals surface area contributed by atoms with E-state index in [2.05, 4.69) is 14.9 Å². The number of carbonyl (C=O) groups is 1. The highest BCUT2D eigenvalue weighted by Crippen LogP contribution is 2.37. The van der Waals surface area contributed by atoms with Crippen molar-refractivity contribution in [3.05, 3.63) is 58.1 Å². The van der Waals surface area contributed by atoms with E-state index in [4.69, 9.17) is 9.72 Å². The molecule has 1 fully saturated rings. The summed E-state index contributed by atoms with van der Waals surface area (Å²) >= 11 is 1.52. The molecule has 1 amide bonds. The summed E-state index contributed by atoms with van der Waals surface area (Å²) in [6, 6.07) is 7.67. The van der Waals surface area contributed by atoms with E-state index in [0.717, 1.165) is 57.9 Å². The Morgan fingerprint density at radius 1 is 1.20 bits per heavy atom. The molecule has 1 aromatic carbocycles. The first kappa shape index (κ1) is 19.1. The minimum absolute atomic E-state index is 0.0323. The van der Waals surface area contributed by atoms with Crippen LogP contribution < -0.4 is 9.64 Å². The molecule has 5 rings (SSSR count). The molecule has 30 heavy (non-hydrogen) atoms. The lowest BCUT2D eigenvalue weighted by Crippen LogP contribution is -2.40. The number of H-pyrrole nitrogens is 1. The highest BCUT2D eigenvalue weighted by molar-refractivity contribution is 7.17. The van der Waals surface area contributed by atoms with Gasteiger partial charge in [-0.1, -0.05) is 23.5 Å². The number of aromatic amines is 1. The zero-order valence-corrected chi connectivity index (χ0v) is 18.0. The number of nitrogens with zero attached hydrogens (tertiary/aromatic N) is 4. The molecule has 1 N–H and O–H groups in total. The van der Waals surface area contributed by atoms with Gasteiger partial charge in [0.2, 0.25) is 0 Å². The van der Waals surface area contributed by atoms with Crippen LogP contribution >= 0.6 is 11.3 Å². The number of aryl methyl sites for hydroxylation is 1. The van der Waals surface area contributed by atoms with Crippen LogP contribution in [0.2, 0.25) is 0 Å². The van der Waals surface area contributed by atoms with E-state index < -0.39 is 0 Å². The average Bonchev–Trinajstić information content (AvgIpc) is 3.53. The fourth-order valence-corrected chi connectivity index (χ4v) is 5.45. The number of benzene rings is 1. The van der Waals surface area contributed by atoms with Crippen LogP contribution in [-0.4, -0.2) is 52.5 Å². The molecule has 8 heteroatoms. The highest BCUT2D eigenvalue weighted by Gasteiger charge is 2.36. The molecule has 1 unspecified atom stereocenters. The van der Waals surface area contributed by atoms with Crippen LogP contribution in [0.25, 0.3) is 0 Å². The number of hydrogen-bond acceptors (Lipinski definition) is 6. The molecule has 0 spiro atoms. The number of amides is 1. The van der Waals surface area contributed by atoms with E-state index in [1.807, 2.05) is 36.1 Å². The van der Waals surface area contributed by atoms with Crippen LogP contribution in [0.4, 0.5) is 5.13 Å². The van der Waals surface area contributed by atoms with E-state index >= 15 is 0 Å².